The first-order chi connectivity index (χ1) is 9.79. The van der Waals surface area contributed by atoms with Crippen LogP contribution in [0.5, 0.6) is 0 Å². The van der Waals surface area contributed by atoms with Crippen molar-refractivity contribution >= 4 is 6.09 Å². The van der Waals surface area contributed by atoms with Gasteiger partial charge in [-0.1, -0.05) is 30.3 Å². The first-order valence-corrected chi connectivity index (χ1v) is 7.45. The Morgan fingerprint density at radius 1 is 1.25 bits per heavy atom. The van der Waals surface area contributed by atoms with Gasteiger partial charge in [-0.05, 0) is 43.7 Å². The fraction of sp³-hybridized carbons (Fsp3) is 0.562. The molecule has 2 rings (SSSR count). The Morgan fingerprint density at radius 2 is 1.95 bits per heavy atom. The van der Waals surface area contributed by atoms with E-state index in [0.717, 1.165) is 50.4 Å². The first kappa shape index (κ1) is 14.9. The molecule has 20 heavy (non-hydrogen) atoms. The molecule has 0 saturated carbocycles. The smallest absolute Gasteiger partial charge is 0.410 e. The van der Waals surface area contributed by atoms with Gasteiger partial charge >= 0.3 is 6.09 Å². The number of carbonyl (C=O) groups excluding carboxylic acids is 1. The lowest BCUT2D eigenvalue weighted by molar-refractivity contribution is 0.0814. The minimum absolute atomic E-state index is 0.189. The highest BCUT2D eigenvalue weighted by molar-refractivity contribution is 5.67. The summed E-state index contributed by atoms with van der Waals surface area (Å²) in [6, 6.07) is 9.79. The third kappa shape index (κ3) is 4.53. The minimum atomic E-state index is -0.189. The van der Waals surface area contributed by atoms with Gasteiger partial charge in [-0.2, -0.15) is 0 Å². The number of benzene rings is 1. The van der Waals surface area contributed by atoms with Crippen molar-refractivity contribution in [2.75, 3.05) is 19.6 Å². The molecule has 1 aromatic carbocycles. The molecule has 0 unspecified atom stereocenters. The van der Waals surface area contributed by atoms with Crippen LogP contribution in [0.3, 0.4) is 0 Å². The summed E-state index contributed by atoms with van der Waals surface area (Å²) < 4.78 is 5.35. The number of amides is 1. The van der Waals surface area contributed by atoms with Crippen molar-refractivity contribution in [3.05, 3.63) is 35.9 Å². The van der Waals surface area contributed by atoms with Crippen LogP contribution in [-0.2, 0) is 11.3 Å². The Labute approximate surface area is 120 Å². The molecule has 110 valence electrons. The van der Waals surface area contributed by atoms with Gasteiger partial charge in [0.25, 0.3) is 0 Å². The summed E-state index contributed by atoms with van der Waals surface area (Å²) in [5.41, 5.74) is 6.56. The summed E-state index contributed by atoms with van der Waals surface area (Å²) in [4.78, 5) is 13.8. The van der Waals surface area contributed by atoms with E-state index >= 15 is 0 Å². The maximum absolute atomic E-state index is 12.0. The van der Waals surface area contributed by atoms with Gasteiger partial charge in [-0.25, -0.2) is 4.79 Å². The molecule has 1 aromatic rings. The van der Waals surface area contributed by atoms with Crippen LogP contribution in [0.1, 0.15) is 31.2 Å². The number of hydrogen-bond acceptors (Lipinski definition) is 3. The molecule has 0 aromatic heterocycles. The molecule has 1 fully saturated rings. The van der Waals surface area contributed by atoms with E-state index in [4.69, 9.17) is 10.5 Å². The third-order valence-corrected chi connectivity index (χ3v) is 3.89. The van der Waals surface area contributed by atoms with Gasteiger partial charge in [-0.3, -0.25) is 0 Å². The van der Waals surface area contributed by atoms with Gasteiger partial charge < -0.3 is 15.4 Å². The standard InChI is InChI=1S/C16H24N2O2/c17-10-4-7-14-8-11-18(12-9-14)16(19)20-13-15-5-2-1-3-6-15/h1-3,5-6,14H,4,7-13,17H2. The van der Waals surface area contributed by atoms with E-state index in [-0.39, 0.29) is 6.09 Å². The van der Waals surface area contributed by atoms with Crippen molar-refractivity contribution in [2.24, 2.45) is 11.7 Å². The van der Waals surface area contributed by atoms with Crippen LogP contribution in [0.4, 0.5) is 4.79 Å². The minimum Gasteiger partial charge on any atom is -0.445 e. The molecule has 1 amide bonds. The molecular weight excluding hydrogens is 252 g/mol. The molecule has 0 spiro atoms. The average Bonchev–Trinajstić information content (AvgIpc) is 2.52. The van der Waals surface area contributed by atoms with E-state index in [1.807, 2.05) is 35.2 Å². The second-order valence-electron chi connectivity index (χ2n) is 5.40. The Kier molecular flexibility index (Phi) is 5.87. The molecule has 1 aliphatic rings. The molecule has 2 N–H and O–H groups in total. The maximum atomic E-state index is 12.0. The predicted octanol–water partition coefficient (Wildman–Crippen LogP) is 2.77. The Hall–Kier alpha value is -1.55. The summed E-state index contributed by atoms with van der Waals surface area (Å²) >= 11 is 0. The monoisotopic (exact) mass is 276 g/mol. The summed E-state index contributed by atoms with van der Waals surface area (Å²) in [6.07, 6.45) is 4.22. The Bertz CT molecular complexity index is 400. The Balaban J connectivity index is 1.69. The van der Waals surface area contributed by atoms with E-state index in [0.29, 0.717) is 6.61 Å². The molecule has 1 saturated heterocycles. The molecular formula is C16H24N2O2. The zero-order chi connectivity index (χ0) is 14.2. The molecule has 0 aliphatic carbocycles. The van der Waals surface area contributed by atoms with E-state index < -0.39 is 0 Å². The highest BCUT2D eigenvalue weighted by Crippen LogP contribution is 2.22. The zero-order valence-corrected chi connectivity index (χ0v) is 12.0. The third-order valence-electron chi connectivity index (χ3n) is 3.89. The van der Waals surface area contributed by atoms with Crippen LogP contribution < -0.4 is 5.73 Å². The van der Waals surface area contributed by atoms with Crippen LogP contribution >= 0.6 is 0 Å². The number of hydrogen-bond donors (Lipinski definition) is 1. The lowest BCUT2D eigenvalue weighted by Gasteiger charge is -2.31. The van der Waals surface area contributed by atoms with Crippen LogP contribution in [-0.4, -0.2) is 30.6 Å². The van der Waals surface area contributed by atoms with E-state index in [2.05, 4.69) is 0 Å². The number of nitrogens with zero attached hydrogens (tertiary/aromatic N) is 1. The lowest BCUT2D eigenvalue weighted by atomic mass is 9.92. The van der Waals surface area contributed by atoms with Gasteiger partial charge in [0, 0.05) is 13.1 Å². The highest BCUT2D eigenvalue weighted by Gasteiger charge is 2.23. The van der Waals surface area contributed by atoms with E-state index in [1.165, 1.54) is 6.42 Å². The van der Waals surface area contributed by atoms with Crippen molar-refractivity contribution in [1.29, 1.82) is 0 Å². The number of carbonyl (C=O) groups is 1. The number of rotatable bonds is 5. The predicted molar refractivity (Wildman–Crippen MR) is 79.2 cm³/mol. The highest BCUT2D eigenvalue weighted by atomic mass is 16.6. The SMILES string of the molecule is NCCCC1CCN(C(=O)OCc2ccccc2)CC1. The van der Waals surface area contributed by atoms with E-state index in [1.54, 1.807) is 0 Å². The topological polar surface area (TPSA) is 55.6 Å². The second kappa shape index (κ2) is 7.90. The lowest BCUT2D eigenvalue weighted by Crippen LogP contribution is -2.38. The van der Waals surface area contributed by atoms with Crippen molar-refractivity contribution in [3.63, 3.8) is 0 Å². The summed E-state index contributed by atoms with van der Waals surface area (Å²) in [5.74, 6) is 0.719. The largest absolute Gasteiger partial charge is 0.445 e. The first-order valence-electron chi connectivity index (χ1n) is 7.45. The molecule has 4 heteroatoms. The van der Waals surface area contributed by atoms with Crippen LogP contribution in [0.2, 0.25) is 0 Å². The number of piperidine rings is 1. The fourth-order valence-electron chi connectivity index (χ4n) is 2.62. The Morgan fingerprint density at radius 3 is 2.60 bits per heavy atom. The zero-order valence-electron chi connectivity index (χ0n) is 12.0. The molecule has 1 heterocycles. The quantitative estimate of drug-likeness (QED) is 0.899. The summed E-state index contributed by atoms with van der Waals surface area (Å²) in [6.45, 7) is 2.73. The fourth-order valence-corrected chi connectivity index (χ4v) is 2.62. The number of nitrogens with two attached hydrogens (primary N) is 1. The van der Waals surface area contributed by atoms with Crippen molar-refractivity contribution in [1.82, 2.24) is 4.90 Å². The molecule has 0 radical (unpaired) electrons. The van der Waals surface area contributed by atoms with Crippen molar-refractivity contribution in [3.8, 4) is 0 Å². The average molecular weight is 276 g/mol. The molecule has 0 bridgehead atoms. The maximum Gasteiger partial charge on any atom is 0.410 e. The van der Waals surface area contributed by atoms with Crippen molar-refractivity contribution in [2.45, 2.75) is 32.3 Å². The van der Waals surface area contributed by atoms with Crippen molar-refractivity contribution < 1.29 is 9.53 Å². The second-order valence-corrected chi connectivity index (χ2v) is 5.40. The molecule has 1 aliphatic heterocycles. The number of ether oxygens (including phenoxy) is 1. The molecule has 0 atom stereocenters. The van der Waals surface area contributed by atoms with Crippen LogP contribution in [0.15, 0.2) is 30.3 Å². The van der Waals surface area contributed by atoms with Gasteiger partial charge in [0.15, 0.2) is 0 Å². The number of likely N-dealkylation sites (tertiary alicyclic amines) is 1. The van der Waals surface area contributed by atoms with Crippen LogP contribution in [0, 0.1) is 5.92 Å². The summed E-state index contributed by atoms with van der Waals surface area (Å²) in [5, 5.41) is 0. The van der Waals surface area contributed by atoms with Gasteiger partial charge in [0.2, 0.25) is 0 Å². The van der Waals surface area contributed by atoms with Gasteiger partial charge in [-0.15, -0.1) is 0 Å². The van der Waals surface area contributed by atoms with Gasteiger partial charge in [0.05, 0.1) is 0 Å². The van der Waals surface area contributed by atoms with Gasteiger partial charge in [0.1, 0.15) is 6.61 Å². The molecule has 4 nitrogen and oxygen atoms in total. The summed E-state index contributed by atoms with van der Waals surface area (Å²) in [7, 11) is 0. The normalized spacial score (nSPS) is 16.1. The van der Waals surface area contributed by atoms with E-state index in [9.17, 15) is 4.79 Å². The van der Waals surface area contributed by atoms with Crippen LogP contribution in [0.25, 0.3) is 0 Å².